The number of carboxylic acid groups (broad SMARTS) is 2. The molecular formula is C13H17NO6S2. The maximum atomic E-state index is 12.6. The minimum Gasteiger partial charge on any atom is -0.481 e. The molecule has 1 aromatic rings. The van der Waals surface area contributed by atoms with Gasteiger partial charge in [0.25, 0.3) is 0 Å². The van der Waals surface area contributed by atoms with Gasteiger partial charge in [-0.3, -0.25) is 4.79 Å². The standard InChI is InChI=1S/C13H17NO6S2/c1-13(2,3)10-9(4-8(21-10)12(17)18)22(19,20)14-5-7(6-14)11(15)16/h4,7H,5-6H2,1-3H3,(H,15,16)(H,17,18). The minimum atomic E-state index is -3.88. The Balaban J connectivity index is 2.43. The number of carbonyl (C=O) groups is 2. The van der Waals surface area contributed by atoms with Gasteiger partial charge in [-0.15, -0.1) is 11.3 Å². The maximum Gasteiger partial charge on any atom is 0.345 e. The van der Waals surface area contributed by atoms with E-state index in [0.717, 1.165) is 21.7 Å². The summed E-state index contributed by atoms with van der Waals surface area (Å²) < 4.78 is 26.3. The Morgan fingerprint density at radius 2 is 1.82 bits per heavy atom. The van der Waals surface area contributed by atoms with Gasteiger partial charge in [0.15, 0.2) is 0 Å². The Bertz CT molecular complexity index is 722. The van der Waals surface area contributed by atoms with Crippen molar-refractivity contribution < 1.29 is 28.2 Å². The number of aliphatic carboxylic acids is 1. The van der Waals surface area contributed by atoms with Crippen LogP contribution in [0.2, 0.25) is 0 Å². The van der Waals surface area contributed by atoms with Gasteiger partial charge in [0.1, 0.15) is 4.88 Å². The van der Waals surface area contributed by atoms with Crippen LogP contribution in [0, 0.1) is 5.92 Å². The average Bonchev–Trinajstić information content (AvgIpc) is 2.70. The van der Waals surface area contributed by atoms with Crippen molar-refractivity contribution in [3.8, 4) is 0 Å². The second-order valence-electron chi connectivity index (χ2n) is 6.22. The third-order valence-corrected chi connectivity index (χ3v) is 6.94. The lowest BCUT2D eigenvalue weighted by atomic mass is 9.95. The Hall–Kier alpha value is -1.45. The van der Waals surface area contributed by atoms with E-state index in [-0.39, 0.29) is 22.9 Å². The summed E-state index contributed by atoms with van der Waals surface area (Å²) in [5.41, 5.74) is -0.530. The zero-order valence-corrected chi connectivity index (χ0v) is 14.0. The van der Waals surface area contributed by atoms with Crippen molar-refractivity contribution in [2.75, 3.05) is 13.1 Å². The van der Waals surface area contributed by atoms with Crippen LogP contribution in [0.4, 0.5) is 0 Å². The van der Waals surface area contributed by atoms with Crippen molar-refractivity contribution in [3.05, 3.63) is 15.8 Å². The highest BCUT2D eigenvalue weighted by Gasteiger charge is 2.43. The summed E-state index contributed by atoms with van der Waals surface area (Å²) >= 11 is 0.939. The third kappa shape index (κ3) is 2.88. The van der Waals surface area contributed by atoms with Crippen LogP contribution in [-0.4, -0.2) is 48.0 Å². The molecule has 2 rings (SSSR count). The quantitative estimate of drug-likeness (QED) is 0.852. The fraction of sp³-hybridized carbons (Fsp3) is 0.538. The average molecular weight is 347 g/mol. The van der Waals surface area contributed by atoms with E-state index in [2.05, 4.69) is 0 Å². The molecule has 0 aliphatic carbocycles. The van der Waals surface area contributed by atoms with Crippen molar-refractivity contribution in [2.24, 2.45) is 5.92 Å². The first kappa shape index (κ1) is 16.9. The molecule has 1 fully saturated rings. The van der Waals surface area contributed by atoms with E-state index in [1.807, 2.05) is 0 Å². The SMILES string of the molecule is CC(C)(C)c1sc(C(=O)O)cc1S(=O)(=O)N1CC(C(=O)O)C1. The number of rotatable bonds is 4. The number of thiophene rings is 1. The Kier molecular flexibility index (Phi) is 4.09. The van der Waals surface area contributed by atoms with Gasteiger partial charge >= 0.3 is 11.9 Å². The maximum absolute atomic E-state index is 12.6. The van der Waals surface area contributed by atoms with E-state index in [4.69, 9.17) is 10.2 Å². The molecule has 0 bridgehead atoms. The predicted octanol–water partition coefficient (Wildman–Crippen LogP) is 1.45. The molecule has 0 saturated carbocycles. The van der Waals surface area contributed by atoms with E-state index in [9.17, 15) is 18.0 Å². The lowest BCUT2D eigenvalue weighted by Gasteiger charge is -2.35. The largest absolute Gasteiger partial charge is 0.481 e. The number of nitrogens with zero attached hydrogens (tertiary/aromatic N) is 1. The van der Waals surface area contributed by atoms with E-state index < -0.39 is 33.3 Å². The number of carboxylic acids is 2. The van der Waals surface area contributed by atoms with Gasteiger partial charge in [-0.05, 0) is 11.5 Å². The van der Waals surface area contributed by atoms with Crippen LogP contribution in [0.15, 0.2) is 11.0 Å². The van der Waals surface area contributed by atoms with Crippen molar-refractivity contribution in [3.63, 3.8) is 0 Å². The molecule has 0 spiro atoms. The molecule has 0 aromatic carbocycles. The summed E-state index contributed by atoms with van der Waals surface area (Å²) in [6.07, 6.45) is 0. The summed E-state index contributed by atoms with van der Waals surface area (Å²) in [6, 6.07) is 1.16. The van der Waals surface area contributed by atoms with Crippen molar-refractivity contribution >= 4 is 33.3 Å². The summed E-state index contributed by atoms with van der Waals surface area (Å²) in [6.45, 7) is 5.25. The highest BCUT2D eigenvalue weighted by molar-refractivity contribution is 7.89. The van der Waals surface area contributed by atoms with Crippen LogP contribution in [0.25, 0.3) is 0 Å². The molecule has 7 nitrogen and oxygen atoms in total. The van der Waals surface area contributed by atoms with E-state index >= 15 is 0 Å². The summed E-state index contributed by atoms with van der Waals surface area (Å²) in [5, 5.41) is 18.0. The second-order valence-corrected chi connectivity index (χ2v) is 9.17. The molecule has 0 unspecified atom stereocenters. The highest BCUT2D eigenvalue weighted by Crippen LogP contribution is 2.39. The highest BCUT2D eigenvalue weighted by atomic mass is 32.2. The summed E-state index contributed by atoms with van der Waals surface area (Å²) in [4.78, 5) is 22.3. The fourth-order valence-electron chi connectivity index (χ4n) is 2.12. The number of sulfonamides is 1. The Morgan fingerprint density at radius 3 is 2.23 bits per heavy atom. The van der Waals surface area contributed by atoms with Crippen LogP contribution in [-0.2, 0) is 20.2 Å². The van der Waals surface area contributed by atoms with Gasteiger partial charge in [-0.2, -0.15) is 4.31 Å². The molecule has 1 aromatic heterocycles. The van der Waals surface area contributed by atoms with Gasteiger partial charge in [0, 0.05) is 18.0 Å². The second kappa shape index (κ2) is 5.32. The zero-order valence-electron chi connectivity index (χ0n) is 12.4. The number of hydrogen-bond acceptors (Lipinski definition) is 5. The number of aromatic carboxylic acids is 1. The Morgan fingerprint density at radius 1 is 1.27 bits per heavy atom. The molecule has 2 N–H and O–H groups in total. The van der Waals surface area contributed by atoms with Gasteiger partial charge in [0.2, 0.25) is 10.0 Å². The lowest BCUT2D eigenvalue weighted by molar-refractivity contribution is -0.145. The van der Waals surface area contributed by atoms with Gasteiger partial charge in [0.05, 0.1) is 10.8 Å². The first-order valence-electron chi connectivity index (χ1n) is 6.55. The molecule has 2 heterocycles. The monoisotopic (exact) mass is 347 g/mol. The van der Waals surface area contributed by atoms with Gasteiger partial charge < -0.3 is 10.2 Å². The third-order valence-electron chi connectivity index (χ3n) is 3.41. The van der Waals surface area contributed by atoms with Crippen LogP contribution >= 0.6 is 11.3 Å². The molecule has 1 aliphatic heterocycles. The van der Waals surface area contributed by atoms with Crippen molar-refractivity contribution in [1.29, 1.82) is 0 Å². The zero-order chi connectivity index (χ0) is 16.9. The lowest BCUT2D eigenvalue weighted by Crippen LogP contribution is -2.53. The molecule has 9 heteroatoms. The molecular weight excluding hydrogens is 330 g/mol. The first-order chi connectivity index (χ1) is 9.94. The van der Waals surface area contributed by atoms with Crippen molar-refractivity contribution in [1.82, 2.24) is 4.31 Å². The molecule has 0 radical (unpaired) electrons. The summed E-state index contributed by atoms with van der Waals surface area (Å²) in [7, 11) is -3.88. The molecule has 22 heavy (non-hydrogen) atoms. The van der Waals surface area contributed by atoms with E-state index in [1.54, 1.807) is 20.8 Å². The molecule has 122 valence electrons. The molecule has 0 atom stereocenters. The Labute approximate surface area is 132 Å². The molecule has 0 amide bonds. The van der Waals surface area contributed by atoms with Crippen molar-refractivity contribution in [2.45, 2.75) is 31.1 Å². The smallest absolute Gasteiger partial charge is 0.345 e. The minimum absolute atomic E-state index is 0.0359. The predicted molar refractivity (Wildman–Crippen MR) is 79.9 cm³/mol. The topological polar surface area (TPSA) is 112 Å². The summed E-state index contributed by atoms with van der Waals surface area (Å²) in [5.74, 6) is -2.91. The fourth-order valence-corrected chi connectivity index (χ4v) is 5.43. The van der Waals surface area contributed by atoms with Gasteiger partial charge in [-0.1, -0.05) is 20.8 Å². The van der Waals surface area contributed by atoms with E-state index in [1.165, 1.54) is 0 Å². The molecule has 1 saturated heterocycles. The normalized spacial score (nSPS) is 17.2. The first-order valence-corrected chi connectivity index (χ1v) is 8.81. The van der Waals surface area contributed by atoms with Crippen LogP contribution in [0.5, 0.6) is 0 Å². The van der Waals surface area contributed by atoms with Crippen LogP contribution in [0.3, 0.4) is 0 Å². The van der Waals surface area contributed by atoms with Gasteiger partial charge in [-0.25, -0.2) is 13.2 Å². The molecule has 1 aliphatic rings. The van der Waals surface area contributed by atoms with Crippen LogP contribution in [0.1, 0.15) is 35.3 Å². The van der Waals surface area contributed by atoms with E-state index in [0.29, 0.717) is 4.88 Å². The van der Waals surface area contributed by atoms with Crippen LogP contribution < -0.4 is 0 Å². The number of hydrogen-bond donors (Lipinski definition) is 2.